The molecule has 1 aliphatic rings. The van der Waals surface area contributed by atoms with Gasteiger partial charge < -0.3 is 15.5 Å². The maximum absolute atomic E-state index is 4.34. The number of likely N-dealkylation sites (N-methyl/N-ethyl adjacent to an activating group) is 1. The van der Waals surface area contributed by atoms with Crippen molar-refractivity contribution in [2.75, 3.05) is 59.4 Å². The lowest BCUT2D eigenvalue weighted by Crippen LogP contribution is -2.49. The second kappa shape index (κ2) is 12.6. The molecule has 2 N–H and O–H groups in total. The molecular formula is C22H40IN5. The molecule has 0 unspecified atom stereocenters. The Balaban J connectivity index is 0.00000392. The maximum atomic E-state index is 4.34. The van der Waals surface area contributed by atoms with Crippen LogP contribution < -0.4 is 10.6 Å². The molecule has 0 amide bonds. The van der Waals surface area contributed by atoms with Crippen LogP contribution in [-0.2, 0) is 11.8 Å². The van der Waals surface area contributed by atoms with Crippen LogP contribution in [0.4, 0.5) is 0 Å². The topological polar surface area (TPSA) is 42.9 Å². The summed E-state index contributed by atoms with van der Waals surface area (Å²) < 4.78 is 0. The van der Waals surface area contributed by atoms with Crippen molar-refractivity contribution >= 4 is 29.9 Å². The first-order valence-corrected chi connectivity index (χ1v) is 10.4. The van der Waals surface area contributed by atoms with Gasteiger partial charge in [0.15, 0.2) is 5.96 Å². The molecule has 6 heteroatoms. The third-order valence-corrected chi connectivity index (χ3v) is 5.38. The van der Waals surface area contributed by atoms with Crippen molar-refractivity contribution in [3.05, 3.63) is 35.4 Å². The van der Waals surface area contributed by atoms with E-state index in [1.165, 1.54) is 43.9 Å². The zero-order chi connectivity index (χ0) is 19.7. The fourth-order valence-electron chi connectivity index (χ4n) is 3.38. The lowest BCUT2D eigenvalue weighted by Gasteiger charge is -2.34. The van der Waals surface area contributed by atoms with Crippen LogP contribution in [0.3, 0.4) is 0 Å². The number of hydrogen-bond acceptors (Lipinski definition) is 3. The molecule has 0 bridgehead atoms. The monoisotopic (exact) mass is 501 g/mol. The third-order valence-electron chi connectivity index (χ3n) is 5.38. The third kappa shape index (κ3) is 8.66. The lowest BCUT2D eigenvalue weighted by molar-refractivity contribution is 0.139. The summed E-state index contributed by atoms with van der Waals surface area (Å²) in [5.74, 6) is 0.897. The predicted octanol–water partition coefficient (Wildman–Crippen LogP) is 2.95. The van der Waals surface area contributed by atoms with Gasteiger partial charge in [-0.2, -0.15) is 0 Å². The van der Waals surface area contributed by atoms with Gasteiger partial charge in [0, 0.05) is 52.9 Å². The highest BCUT2D eigenvalue weighted by molar-refractivity contribution is 14.0. The van der Waals surface area contributed by atoms with E-state index in [9.17, 15) is 0 Å². The molecule has 0 saturated carbocycles. The van der Waals surface area contributed by atoms with E-state index < -0.39 is 0 Å². The number of hydrogen-bond donors (Lipinski definition) is 2. The van der Waals surface area contributed by atoms with Crippen molar-refractivity contribution in [1.29, 1.82) is 0 Å². The summed E-state index contributed by atoms with van der Waals surface area (Å²) in [6.45, 7) is 17.8. The van der Waals surface area contributed by atoms with Gasteiger partial charge in [-0.15, -0.1) is 24.0 Å². The first-order valence-electron chi connectivity index (χ1n) is 10.4. The second-order valence-corrected chi connectivity index (χ2v) is 8.40. The van der Waals surface area contributed by atoms with E-state index in [1.807, 2.05) is 7.05 Å². The molecular weight excluding hydrogens is 461 g/mol. The van der Waals surface area contributed by atoms with Gasteiger partial charge in [-0.3, -0.25) is 9.89 Å². The van der Waals surface area contributed by atoms with Gasteiger partial charge in [-0.25, -0.2) is 0 Å². The molecule has 28 heavy (non-hydrogen) atoms. The van der Waals surface area contributed by atoms with Crippen LogP contribution in [0.5, 0.6) is 0 Å². The van der Waals surface area contributed by atoms with E-state index in [0.717, 1.165) is 32.0 Å². The van der Waals surface area contributed by atoms with Crippen LogP contribution in [0.25, 0.3) is 0 Å². The molecule has 1 aromatic carbocycles. The average Bonchev–Trinajstić information content (AvgIpc) is 2.67. The first kappa shape index (κ1) is 25.2. The predicted molar refractivity (Wildman–Crippen MR) is 132 cm³/mol. The summed E-state index contributed by atoms with van der Waals surface area (Å²) in [4.78, 5) is 9.38. The quantitative estimate of drug-likeness (QED) is 0.343. The van der Waals surface area contributed by atoms with Crippen LogP contribution >= 0.6 is 24.0 Å². The minimum atomic E-state index is 0. The Bertz CT molecular complexity index is 572. The highest BCUT2D eigenvalue weighted by Gasteiger charge is 2.15. The van der Waals surface area contributed by atoms with Gasteiger partial charge in [0.2, 0.25) is 0 Å². The molecule has 1 fully saturated rings. The normalized spacial score (nSPS) is 16.5. The number of nitrogens with one attached hydrogen (secondary N) is 2. The number of guanidine groups is 1. The Morgan fingerprint density at radius 3 is 2.07 bits per heavy atom. The van der Waals surface area contributed by atoms with Crippen molar-refractivity contribution in [2.24, 2.45) is 4.99 Å². The summed E-state index contributed by atoms with van der Waals surface area (Å²) >= 11 is 0. The van der Waals surface area contributed by atoms with Crippen LogP contribution in [0.2, 0.25) is 0 Å². The van der Waals surface area contributed by atoms with E-state index in [1.54, 1.807) is 0 Å². The van der Waals surface area contributed by atoms with Gasteiger partial charge in [0.25, 0.3) is 0 Å². The molecule has 1 aliphatic heterocycles. The molecule has 1 heterocycles. The highest BCUT2D eigenvalue weighted by atomic mass is 127. The SMILES string of the molecule is CCN1CCN(CCNC(=NC)NCCc2ccc(C(C)(C)C)cc2)CC1.I. The molecule has 160 valence electrons. The zero-order valence-corrected chi connectivity index (χ0v) is 20.8. The number of halogens is 1. The number of nitrogens with zero attached hydrogens (tertiary/aromatic N) is 3. The zero-order valence-electron chi connectivity index (χ0n) is 18.4. The van der Waals surface area contributed by atoms with Crippen LogP contribution in [0.1, 0.15) is 38.8 Å². The van der Waals surface area contributed by atoms with E-state index >= 15 is 0 Å². The lowest BCUT2D eigenvalue weighted by atomic mass is 9.86. The molecule has 0 atom stereocenters. The molecule has 1 saturated heterocycles. The van der Waals surface area contributed by atoms with Crippen LogP contribution in [0, 0.1) is 0 Å². The smallest absolute Gasteiger partial charge is 0.191 e. The standard InChI is InChI=1S/C22H39N5.HI/c1-6-26-15-17-27(18-16-26)14-13-25-21(23-5)24-12-11-19-7-9-20(10-8-19)22(2,3)4;/h7-10H,6,11-18H2,1-5H3,(H2,23,24,25);1H. The molecule has 0 radical (unpaired) electrons. The van der Waals surface area contributed by atoms with E-state index in [2.05, 4.69) is 77.4 Å². The van der Waals surface area contributed by atoms with Crippen molar-refractivity contribution < 1.29 is 0 Å². The fraction of sp³-hybridized carbons (Fsp3) is 0.682. The van der Waals surface area contributed by atoms with Crippen molar-refractivity contribution in [3.8, 4) is 0 Å². The molecule has 0 spiro atoms. The van der Waals surface area contributed by atoms with Gasteiger partial charge in [0.1, 0.15) is 0 Å². The number of piperazine rings is 1. The number of rotatable bonds is 7. The number of benzene rings is 1. The maximum Gasteiger partial charge on any atom is 0.191 e. The van der Waals surface area contributed by atoms with Gasteiger partial charge >= 0.3 is 0 Å². The molecule has 5 nitrogen and oxygen atoms in total. The number of aliphatic imine (C=N–C) groups is 1. The first-order chi connectivity index (χ1) is 12.9. The minimum Gasteiger partial charge on any atom is -0.356 e. The van der Waals surface area contributed by atoms with Crippen LogP contribution in [0.15, 0.2) is 29.3 Å². The highest BCUT2D eigenvalue weighted by Crippen LogP contribution is 2.22. The largest absolute Gasteiger partial charge is 0.356 e. The minimum absolute atomic E-state index is 0. The Labute approximate surface area is 189 Å². The fourth-order valence-corrected chi connectivity index (χ4v) is 3.38. The van der Waals surface area contributed by atoms with Crippen molar-refractivity contribution in [3.63, 3.8) is 0 Å². The van der Waals surface area contributed by atoms with Crippen molar-refractivity contribution in [1.82, 2.24) is 20.4 Å². The Hall–Kier alpha value is -0.860. The molecule has 1 aromatic rings. The van der Waals surface area contributed by atoms with Crippen LogP contribution in [-0.4, -0.2) is 75.2 Å². The molecule has 2 rings (SSSR count). The average molecular weight is 502 g/mol. The summed E-state index contributed by atoms with van der Waals surface area (Å²) in [5.41, 5.74) is 2.96. The summed E-state index contributed by atoms with van der Waals surface area (Å²) in [5, 5.41) is 6.87. The molecule has 0 aromatic heterocycles. The summed E-state index contributed by atoms with van der Waals surface area (Å²) in [6.07, 6.45) is 1.00. The second-order valence-electron chi connectivity index (χ2n) is 8.40. The summed E-state index contributed by atoms with van der Waals surface area (Å²) in [6, 6.07) is 8.99. The Kier molecular flexibility index (Phi) is 11.4. The summed E-state index contributed by atoms with van der Waals surface area (Å²) in [7, 11) is 1.84. The van der Waals surface area contributed by atoms with E-state index in [-0.39, 0.29) is 29.4 Å². The Morgan fingerprint density at radius 2 is 1.54 bits per heavy atom. The van der Waals surface area contributed by atoms with Crippen molar-refractivity contribution in [2.45, 2.75) is 39.5 Å². The van der Waals surface area contributed by atoms with Gasteiger partial charge in [-0.1, -0.05) is 52.0 Å². The van der Waals surface area contributed by atoms with Gasteiger partial charge in [0.05, 0.1) is 0 Å². The Morgan fingerprint density at radius 1 is 0.964 bits per heavy atom. The van der Waals surface area contributed by atoms with E-state index in [4.69, 9.17) is 0 Å². The molecule has 0 aliphatic carbocycles. The van der Waals surface area contributed by atoms with E-state index in [0.29, 0.717) is 0 Å². The van der Waals surface area contributed by atoms with Gasteiger partial charge in [-0.05, 0) is 29.5 Å².